The molecule has 0 aromatic carbocycles. The van der Waals surface area contributed by atoms with Crippen molar-refractivity contribution < 1.29 is 51.8 Å². The van der Waals surface area contributed by atoms with Gasteiger partial charge in [0.05, 0.1) is 0 Å². The minimum atomic E-state index is -6.00. The van der Waals surface area contributed by atoms with Gasteiger partial charge in [-0.1, -0.05) is 13.3 Å². The van der Waals surface area contributed by atoms with E-state index in [0.717, 1.165) is 6.54 Å². The minimum absolute atomic E-state index is 0. The van der Waals surface area contributed by atoms with Gasteiger partial charge in [0.15, 0.2) is 0 Å². The monoisotopic (exact) mass is 388 g/mol. The molecule has 0 aromatic heterocycles. The van der Waals surface area contributed by atoms with E-state index in [1.165, 1.54) is 12.8 Å². The van der Waals surface area contributed by atoms with Crippen molar-refractivity contribution in [2.75, 3.05) is 13.6 Å². The van der Waals surface area contributed by atoms with Crippen LogP contribution in [0.4, 0.5) is 51.8 Å². The molecule has 22 heavy (non-hydrogen) atoms. The molecule has 0 aliphatic heterocycles. The normalized spacial score (nSPS) is 10.6. The zero-order valence-electron chi connectivity index (χ0n) is 10.9. The van der Waals surface area contributed by atoms with Crippen LogP contribution in [0.1, 0.15) is 19.8 Å². The Morgan fingerprint density at radius 1 is 0.636 bits per heavy atom. The van der Waals surface area contributed by atoms with Crippen LogP contribution < -0.4 is 5.32 Å². The number of hydrogen-bond donors (Lipinski definition) is 1. The van der Waals surface area contributed by atoms with Crippen LogP contribution in [0.2, 0.25) is 0 Å². The van der Waals surface area contributed by atoms with Gasteiger partial charge in [-0.05, 0) is 20.0 Å². The van der Waals surface area contributed by atoms with Crippen LogP contribution in [0.25, 0.3) is 0 Å². The summed E-state index contributed by atoms with van der Waals surface area (Å²) in [5.41, 5.74) is 0. The first-order chi connectivity index (χ1) is 8.91. The molecule has 136 valence electrons. The Bertz CT molecular complexity index is 156. The maximum absolute atomic E-state index is 9.75. The number of nitrogens with one attached hydrogen (secondary N) is 1. The molecule has 0 bridgehead atoms. The van der Waals surface area contributed by atoms with Gasteiger partial charge < -0.3 is 57.1 Å². The van der Waals surface area contributed by atoms with Crippen LogP contribution in [0.3, 0.4) is 0 Å². The van der Waals surface area contributed by atoms with Crippen molar-refractivity contribution in [1.29, 1.82) is 0 Å². The molecule has 0 fully saturated rings. The maximum atomic E-state index is 9.75. The second kappa shape index (κ2) is 18.3. The van der Waals surface area contributed by atoms with Crippen molar-refractivity contribution in [1.82, 2.24) is 5.32 Å². The average Bonchev–Trinajstić information content (AvgIpc) is 2.06. The molecule has 0 heterocycles. The Morgan fingerprint density at radius 2 is 0.818 bits per heavy atom. The molecule has 0 amide bonds. The van der Waals surface area contributed by atoms with Crippen molar-refractivity contribution in [2.24, 2.45) is 0 Å². The van der Waals surface area contributed by atoms with E-state index >= 15 is 0 Å². The van der Waals surface area contributed by atoms with E-state index < -0.39 is 21.8 Å². The Kier molecular flexibility index (Phi) is 28.5. The number of hydrogen-bond acceptors (Lipinski definition) is 1. The van der Waals surface area contributed by atoms with Crippen molar-refractivity contribution >= 4 is 73.1 Å². The van der Waals surface area contributed by atoms with E-state index in [1.807, 2.05) is 7.05 Å². The van der Waals surface area contributed by atoms with Gasteiger partial charge in [0.2, 0.25) is 0 Å². The zero-order chi connectivity index (χ0) is 18.3. The van der Waals surface area contributed by atoms with Gasteiger partial charge >= 0.3 is 73.1 Å². The van der Waals surface area contributed by atoms with E-state index in [2.05, 4.69) is 12.2 Å². The topological polar surface area (TPSA) is 12.0 Å². The first-order valence-corrected chi connectivity index (χ1v) is 5.18. The molecule has 0 aliphatic carbocycles. The van der Waals surface area contributed by atoms with Crippen LogP contribution in [0, 0.1) is 0 Å². The Balaban J connectivity index is -0.0000000577. The predicted molar refractivity (Wildman–Crippen MR) is 66.5 cm³/mol. The third kappa shape index (κ3) is 534. The van der Waals surface area contributed by atoms with E-state index in [9.17, 15) is 51.8 Å². The van der Waals surface area contributed by atoms with Gasteiger partial charge in [0.1, 0.15) is 0 Å². The van der Waals surface area contributed by atoms with Crippen molar-refractivity contribution in [3.8, 4) is 0 Å². The number of halogens is 12. The molecule has 0 unspecified atom stereocenters. The molecule has 0 rings (SSSR count). The first kappa shape index (κ1) is 34.3. The fraction of sp³-hybridized carbons (Fsp3) is 1.00. The summed E-state index contributed by atoms with van der Waals surface area (Å²) >= 11 is 0. The molecule has 0 aromatic rings. The van der Waals surface area contributed by atoms with Crippen LogP contribution in [0.15, 0.2) is 0 Å². The summed E-state index contributed by atoms with van der Waals surface area (Å²) in [7, 11) is -16.0. The van der Waals surface area contributed by atoms with Gasteiger partial charge in [0, 0.05) is 0 Å². The fourth-order valence-electron chi connectivity index (χ4n) is 0.354. The first-order valence-electron chi connectivity index (χ1n) is 5.18. The van der Waals surface area contributed by atoms with Gasteiger partial charge in [-0.3, -0.25) is 0 Å². The molecule has 17 heteroatoms. The van der Waals surface area contributed by atoms with Crippen LogP contribution >= 0.6 is 0 Å². The molecule has 0 aliphatic rings. The van der Waals surface area contributed by atoms with Gasteiger partial charge in [-0.15, -0.1) is 0 Å². The van der Waals surface area contributed by atoms with E-state index in [-0.39, 0.29) is 51.4 Å². The molecule has 0 saturated carbocycles. The molecule has 0 atom stereocenters. The number of unbranched alkanes of at least 4 members (excludes halogenated alkanes) is 1. The third-order valence-corrected chi connectivity index (χ3v) is 0.780. The second-order valence-electron chi connectivity index (χ2n) is 2.94. The van der Waals surface area contributed by atoms with E-state index in [4.69, 9.17) is 0 Å². The zero-order valence-corrected chi connectivity index (χ0v) is 10.9. The summed E-state index contributed by atoms with van der Waals surface area (Å²) in [5, 5.41) is 3.07. The molecule has 0 radical (unpaired) electrons. The SMILES string of the molecule is CCCCNC.F[B-](F)(F)F.F[B-](F)(F)F.F[B-](F)(F)F.[KH]. The molecular formula is C5H14B3F12KN-3. The van der Waals surface area contributed by atoms with Crippen LogP contribution in [-0.2, 0) is 0 Å². The number of rotatable bonds is 3. The molecular weight excluding hydrogens is 374 g/mol. The molecule has 1 N–H and O–H groups in total. The van der Waals surface area contributed by atoms with Crippen LogP contribution in [0.5, 0.6) is 0 Å². The predicted octanol–water partition coefficient (Wildman–Crippen LogP) is 4.26. The Morgan fingerprint density at radius 3 is 0.864 bits per heavy atom. The Labute approximate surface area is 162 Å². The molecule has 0 saturated heterocycles. The average molecular weight is 388 g/mol. The van der Waals surface area contributed by atoms with Crippen molar-refractivity contribution in [3.05, 3.63) is 0 Å². The molecule has 0 spiro atoms. The van der Waals surface area contributed by atoms with Crippen molar-refractivity contribution in [3.63, 3.8) is 0 Å². The van der Waals surface area contributed by atoms with E-state index in [1.54, 1.807) is 0 Å². The quantitative estimate of drug-likeness (QED) is 0.433. The summed E-state index contributed by atoms with van der Waals surface area (Å²) in [5.74, 6) is 0. The fourth-order valence-corrected chi connectivity index (χ4v) is 0.354. The second-order valence-corrected chi connectivity index (χ2v) is 2.94. The van der Waals surface area contributed by atoms with Crippen molar-refractivity contribution in [2.45, 2.75) is 19.8 Å². The summed E-state index contributed by atoms with van der Waals surface area (Å²) in [6.45, 7) is 3.36. The summed E-state index contributed by atoms with van der Waals surface area (Å²) < 4.78 is 117. The summed E-state index contributed by atoms with van der Waals surface area (Å²) in [4.78, 5) is 0. The summed E-state index contributed by atoms with van der Waals surface area (Å²) in [6, 6.07) is 0. The molecule has 1 nitrogen and oxygen atoms in total. The van der Waals surface area contributed by atoms with Crippen LogP contribution in [-0.4, -0.2) is 86.7 Å². The van der Waals surface area contributed by atoms with Gasteiger partial charge in [0.25, 0.3) is 0 Å². The van der Waals surface area contributed by atoms with E-state index in [0.29, 0.717) is 0 Å². The third-order valence-electron chi connectivity index (χ3n) is 0.780. The summed E-state index contributed by atoms with van der Waals surface area (Å²) in [6.07, 6.45) is 2.59. The standard InChI is InChI=1S/C5H13N.3BF4.K.H/c1-3-4-5-6-2;3*2-1(3,4)5;;/h6H,3-5H2,1-2H3;;;;;/q;3*-1;;. The van der Waals surface area contributed by atoms with Gasteiger partial charge in [-0.25, -0.2) is 0 Å². The van der Waals surface area contributed by atoms with Gasteiger partial charge in [-0.2, -0.15) is 0 Å². The Hall–Kier alpha value is 0.951.